The summed E-state index contributed by atoms with van der Waals surface area (Å²) in [6.45, 7) is -1.67. The van der Waals surface area contributed by atoms with Gasteiger partial charge in [-0.15, -0.1) is 11.3 Å². The fourth-order valence-electron chi connectivity index (χ4n) is 13.0. The summed E-state index contributed by atoms with van der Waals surface area (Å²) in [6, 6.07) is 5.94. The molecular weight excluding hydrogens is 1220 g/mol. The van der Waals surface area contributed by atoms with Gasteiger partial charge in [-0.05, 0) is 111 Å². The third-order valence-electron chi connectivity index (χ3n) is 17.5. The van der Waals surface area contributed by atoms with Gasteiger partial charge in [-0.25, -0.2) is 9.79 Å². The highest BCUT2D eigenvalue weighted by Gasteiger charge is 2.52. The number of aliphatic carboxylic acids is 1. The van der Waals surface area contributed by atoms with Crippen LogP contribution >= 0.6 is 11.3 Å². The third-order valence-corrected chi connectivity index (χ3v) is 18.4. The van der Waals surface area contributed by atoms with Crippen LogP contribution in [-0.4, -0.2) is 212 Å². The van der Waals surface area contributed by atoms with E-state index in [4.69, 9.17) is 34.4 Å². The molecule has 502 valence electrons. The number of nitrogens with two attached hydrogens (primary N) is 6. The zero-order chi connectivity index (χ0) is 67.0. The number of thiophene rings is 1. The molecule has 8 rings (SSSR count). The number of nitrogens with one attached hydrogen (secondary N) is 5. The maximum Gasteiger partial charge on any atom is 0.326 e. The van der Waals surface area contributed by atoms with Crippen LogP contribution in [0, 0.1) is 5.92 Å². The summed E-state index contributed by atoms with van der Waals surface area (Å²) >= 11 is 1.27. The molecule has 4 aliphatic heterocycles. The maximum atomic E-state index is 15.4. The van der Waals surface area contributed by atoms with Crippen molar-refractivity contribution in [3.8, 4) is 0 Å². The molecule has 0 radical (unpaired) electrons. The van der Waals surface area contributed by atoms with Crippen molar-refractivity contribution in [1.29, 1.82) is 0 Å². The van der Waals surface area contributed by atoms with E-state index >= 15 is 4.79 Å². The Hall–Kier alpha value is -9.43. The first kappa shape index (κ1) is 69.5. The Bertz CT molecular complexity index is 3300. The molecule has 3 saturated heterocycles. The number of benzene rings is 2. The molecule has 31 nitrogen and oxygen atoms in total. The van der Waals surface area contributed by atoms with Crippen LogP contribution in [0.15, 0.2) is 81.0 Å². The summed E-state index contributed by atoms with van der Waals surface area (Å²) in [6.07, 6.45) is 2.88. The van der Waals surface area contributed by atoms with Gasteiger partial charge >= 0.3 is 5.97 Å². The third kappa shape index (κ3) is 18.0. The van der Waals surface area contributed by atoms with E-state index in [-0.39, 0.29) is 120 Å². The average molecular weight is 1310 g/mol. The number of carbonyl (C=O) groups excluding carboxylic acids is 9. The molecule has 93 heavy (non-hydrogen) atoms. The number of likely N-dealkylation sites (tertiary alicyclic amines) is 3. The largest absolute Gasteiger partial charge is 0.480 e. The number of aliphatic hydroxyl groups is 2. The van der Waals surface area contributed by atoms with E-state index in [2.05, 4.69) is 41.6 Å². The number of hydrogen-bond acceptors (Lipinski definition) is 16. The molecule has 11 atom stereocenters. The lowest BCUT2D eigenvalue weighted by Crippen LogP contribution is -2.63. The van der Waals surface area contributed by atoms with Gasteiger partial charge in [0.25, 0.3) is 5.91 Å². The van der Waals surface area contributed by atoms with Gasteiger partial charge in [0.05, 0.1) is 24.9 Å². The van der Waals surface area contributed by atoms with E-state index in [1.165, 1.54) is 50.3 Å². The Labute approximate surface area is 540 Å². The molecule has 0 spiro atoms. The summed E-state index contributed by atoms with van der Waals surface area (Å²) < 4.78 is 0. The summed E-state index contributed by atoms with van der Waals surface area (Å²) in [5.41, 5.74) is 34.9. The quantitative estimate of drug-likeness (QED) is 0.0203. The highest BCUT2D eigenvalue weighted by Crippen LogP contribution is 2.41. The number of β-amino-alcohol motifs (C(OH)–C–C–N with tert-alkyl or cyclic N) is 1. The van der Waals surface area contributed by atoms with Crippen LogP contribution < -0.4 is 61.0 Å². The van der Waals surface area contributed by atoms with Crippen molar-refractivity contribution in [3.63, 3.8) is 0 Å². The number of amides is 9. The molecule has 3 aromatic rings. The molecule has 9 amide bonds. The second kappa shape index (κ2) is 32.2. The Morgan fingerprint density at radius 1 is 0.634 bits per heavy atom. The monoisotopic (exact) mass is 1310 g/mol. The zero-order valence-corrected chi connectivity index (χ0v) is 52.3. The molecule has 5 heterocycles. The lowest BCUT2D eigenvalue weighted by molar-refractivity contribution is -0.153. The van der Waals surface area contributed by atoms with Crippen LogP contribution in [0.4, 0.5) is 5.69 Å². The zero-order valence-electron chi connectivity index (χ0n) is 51.5. The van der Waals surface area contributed by atoms with Gasteiger partial charge in [0.2, 0.25) is 47.3 Å². The highest BCUT2D eigenvalue weighted by atomic mass is 32.1. The first-order valence-corrected chi connectivity index (χ1v) is 32.0. The predicted octanol–water partition coefficient (Wildman–Crippen LogP) is -3.19. The minimum Gasteiger partial charge on any atom is -0.480 e. The Morgan fingerprint density at radius 3 is 1.97 bits per heavy atom. The van der Waals surface area contributed by atoms with E-state index in [0.29, 0.717) is 29.0 Å². The number of carboxylic acid groups (broad SMARTS) is 1. The molecular formula is C61H84N18O13S. The normalized spacial score (nSPS) is 21.9. The number of rotatable bonds is 27. The van der Waals surface area contributed by atoms with Crippen LogP contribution in [0.5, 0.6) is 0 Å². The van der Waals surface area contributed by atoms with Crippen LogP contribution in [0.3, 0.4) is 0 Å². The smallest absolute Gasteiger partial charge is 0.326 e. The number of aliphatic imine (C=N–C) groups is 3. The van der Waals surface area contributed by atoms with Gasteiger partial charge in [-0.2, -0.15) is 0 Å². The number of nitrogens with zero attached hydrogens (tertiary/aromatic N) is 7. The number of aliphatic hydroxyl groups excluding tert-OH is 2. The molecule has 1 aliphatic carbocycles. The van der Waals surface area contributed by atoms with E-state index in [1.54, 1.807) is 35.7 Å². The lowest BCUT2D eigenvalue weighted by atomic mass is 9.84. The van der Waals surface area contributed by atoms with Crippen molar-refractivity contribution < 1.29 is 63.3 Å². The predicted molar refractivity (Wildman–Crippen MR) is 341 cm³/mol. The summed E-state index contributed by atoms with van der Waals surface area (Å²) in [5.74, 6) is -8.35. The van der Waals surface area contributed by atoms with Gasteiger partial charge in [-0.3, -0.25) is 53.1 Å². The van der Waals surface area contributed by atoms with Crippen LogP contribution in [0.2, 0.25) is 0 Å². The van der Waals surface area contributed by atoms with Crippen LogP contribution in [0.25, 0.3) is 0 Å². The SMILES string of the molecule is NC(N)=NCCCC(NC(=O)C1CC2CCCCC2N1C(=O)C1Cc2ccccc2CN1C(=O)C(CO)NC(=O)C(Cc1cccs1)NC(=O)CNC(=O)C1CC(O)CN1C(=O)C1CCCN1C(=O)C(CCCN=C(N)N)NC(=O)c1ccc(N=C(N)N)cc1)C(=O)O. The molecule has 4 fully saturated rings. The van der Waals surface area contributed by atoms with Crippen molar-refractivity contribution in [2.75, 3.05) is 39.3 Å². The van der Waals surface area contributed by atoms with Gasteiger partial charge in [0.15, 0.2) is 17.9 Å². The van der Waals surface area contributed by atoms with Crippen LogP contribution in [0.1, 0.15) is 103 Å². The molecule has 32 heteroatoms. The number of guanidine groups is 3. The van der Waals surface area contributed by atoms with Crippen molar-refractivity contribution in [3.05, 3.63) is 87.6 Å². The van der Waals surface area contributed by atoms with Gasteiger partial charge < -0.3 is 95.9 Å². The number of fused-ring (bicyclic) bond motifs is 2. The highest BCUT2D eigenvalue weighted by molar-refractivity contribution is 7.09. The summed E-state index contributed by atoms with van der Waals surface area (Å²) in [4.78, 5) is 160. The van der Waals surface area contributed by atoms with Gasteiger partial charge in [0, 0.05) is 68.5 Å². The number of carboxylic acids is 1. The summed E-state index contributed by atoms with van der Waals surface area (Å²) in [7, 11) is 0. The minimum atomic E-state index is -1.67. The first-order chi connectivity index (χ1) is 44.5. The Morgan fingerprint density at radius 2 is 1.31 bits per heavy atom. The van der Waals surface area contributed by atoms with Crippen molar-refractivity contribution in [1.82, 2.24) is 46.2 Å². The summed E-state index contributed by atoms with van der Waals surface area (Å²) in [5, 5.41) is 46.9. The molecule has 0 bridgehead atoms. The fourth-order valence-corrected chi connectivity index (χ4v) is 13.8. The van der Waals surface area contributed by atoms with E-state index in [1.807, 2.05) is 6.07 Å². The molecule has 1 aromatic heterocycles. The Kier molecular flexibility index (Phi) is 24.1. The standard InChI is InChI=1S/C61H84N18O13S/c62-59(63)68-21-5-13-40(73-50(83)33-17-19-37(20-18-33)71-61(66)67)54(87)76-23-7-16-45(76)56(89)78-31-38(81)27-46(78)52(85)70-29-49(82)72-42(28-39-12-8-24-93-39)51(84)75-43(32-80)55(88)77-30-36-11-2-1-9-34(36)25-48(77)57(90)79-44-15-4-3-10-35(44)26-47(79)53(86)74-41(58(91)92)14-6-22-69-60(64)65/h1-2,8-9,11-12,17-20,24,35,38,40-48,80-81H,3-7,10,13-16,21-23,25-32H2,(H,70,85)(H,72,82)(H,73,83)(H,74,86)(H,75,84)(H,91,92)(H4,62,63,68)(H4,64,65,69)(H4,66,67,71). The Balaban J connectivity index is 0.933. The van der Waals surface area contributed by atoms with E-state index in [0.717, 1.165) is 29.7 Å². The van der Waals surface area contributed by atoms with Gasteiger partial charge in [0.1, 0.15) is 48.3 Å². The molecule has 2 aromatic carbocycles. The van der Waals surface area contributed by atoms with E-state index in [9.17, 15) is 58.5 Å². The lowest BCUT2D eigenvalue weighted by Gasteiger charge is -2.42. The maximum absolute atomic E-state index is 15.4. The molecule has 1 saturated carbocycles. The second-order valence-electron chi connectivity index (χ2n) is 23.9. The second-order valence-corrected chi connectivity index (χ2v) is 25.0. The van der Waals surface area contributed by atoms with E-state index < -0.39 is 133 Å². The minimum absolute atomic E-state index is 0.0000574. The number of hydrogen-bond donors (Lipinski definition) is 14. The molecule has 11 unspecified atom stereocenters. The molecule has 5 aliphatic rings. The fraction of sp³-hybridized carbons (Fsp3) is 0.525. The first-order valence-electron chi connectivity index (χ1n) is 31.1. The van der Waals surface area contributed by atoms with Crippen molar-refractivity contribution in [2.24, 2.45) is 55.3 Å². The van der Waals surface area contributed by atoms with Crippen molar-refractivity contribution >= 4 is 94.0 Å². The topological polar surface area (TPSA) is 498 Å². The number of carbonyl (C=O) groups is 10. The van der Waals surface area contributed by atoms with Crippen LogP contribution in [-0.2, 0) is 62.5 Å². The van der Waals surface area contributed by atoms with Gasteiger partial charge in [-0.1, -0.05) is 43.2 Å². The van der Waals surface area contributed by atoms with Crippen molar-refractivity contribution in [2.45, 2.75) is 157 Å². The average Bonchev–Trinajstić information content (AvgIpc) is 1.70. The molecule has 20 N–H and O–H groups in total.